The molecule has 0 aliphatic carbocycles. The molecule has 1 aromatic carbocycles. The zero-order valence-electron chi connectivity index (χ0n) is 11.8. The average molecular weight is 276 g/mol. The Bertz CT molecular complexity index is 534. The third-order valence-electron chi connectivity index (χ3n) is 3.46. The number of hydrogen-bond acceptors (Lipinski definition) is 3. The summed E-state index contributed by atoms with van der Waals surface area (Å²) in [5, 5.41) is 9.36. The Balaban J connectivity index is 2.27. The maximum absolute atomic E-state index is 12.3. The summed E-state index contributed by atoms with van der Waals surface area (Å²) < 4.78 is 0. The molecule has 1 atom stereocenters. The maximum Gasteiger partial charge on any atom is 0.326 e. The lowest BCUT2D eigenvalue weighted by Gasteiger charge is -2.36. The summed E-state index contributed by atoms with van der Waals surface area (Å²) in [6, 6.07) is 6.83. The van der Waals surface area contributed by atoms with Gasteiger partial charge in [0.05, 0.1) is 0 Å². The van der Waals surface area contributed by atoms with Gasteiger partial charge >= 0.3 is 5.97 Å². The van der Waals surface area contributed by atoms with Crippen molar-refractivity contribution in [3.8, 4) is 0 Å². The predicted octanol–water partition coefficient (Wildman–Crippen LogP) is 1.15. The van der Waals surface area contributed by atoms with Gasteiger partial charge in [0.1, 0.15) is 6.04 Å². The molecule has 0 spiro atoms. The summed E-state index contributed by atoms with van der Waals surface area (Å²) in [4.78, 5) is 25.2. The second-order valence-electron chi connectivity index (χ2n) is 6.01. The summed E-state index contributed by atoms with van der Waals surface area (Å²) in [7, 11) is 0. The number of rotatable bonds is 3. The number of carboxylic acid groups (broad SMARTS) is 1. The largest absolute Gasteiger partial charge is 0.480 e. The molecule has 0 fully saturated rings. The Labute approximate surface area is 118 Å². The van der Waals surface area contributed by atoms with E-state index in [1.54, 1.807) is 13.8 Å². The number of carboxylic acids is 1. The highest BCUT2D eigenvalue weighted by molar-refractivity contribution is 5.85. The first-order valence-corrected chi connectivity index (χ1v) is 6.66. The number of benzene rings is 1. The molecule has 3 N–H and O–H groups in total. The van der Waals surface area contributed by atoms with Gasteiger partial charge in [-0.05, 0) is 25.0 Å². The van der Waals surface area contributed by atoms with Crippen LogP contribution in [0.3, 0.4) is 0 Å². The Morgan fingerprint density at radius 1 is 1.35 bits per heavy atom. The fraction of sp³-hybridized carbons (Fsp3) is 0.467. The van der Waals surface area contributed by atoms with Crippen LogP contribution in [0.1, 0.15) is 31.4 Å². The lowest BCUT2D eigenvalue weighted by atomic mass is 9.92. The summed E-state index contributed by atoms with van der Waals surface area (Å²) in [6.07, 6.45) is 0.487. The molecular formula is C15H20N2O3. The van der Waals surface area contributed by atoms with Crippen LogP contribution in [0.15, 0.2) is 24.3 Å². The van der Waals surface area contributed by atoms with Crippen LogP contribution < -0.4 is 5.73 Å². The Kier molecular flexibility index (Phi) is 3.81. The van der Waals surface area contributed by atoms with Crippen molar-refractivity contribution < 1.29 is 14.7 Å². The normalized spacial score (nSPS) is 18.6. The van der Waals surface area contributed by atoms with Crippen molar-refractivity contribution in [3.05, 3.63) is 35.4 Å². The number of nitrogens with zero attached hydrogens (tertiary/aromatic N) is 1. The first kappa shape index (κ1) is 14.5. The van der Waals surface area contributed by atoms with Crippen molar-refractivity contribution in [3.63, 3.8) is 0 Å². The van der Waals surface area contributed by atoms with Crippen molar-refractivity contribution in [2.45, 2.75) is 44.8 Å². The van der Waals surface area contributed by atoms with Crippen molar-refractivity contribution in [2.24, 2.45) is 5.73 Å². The van der Waals surface area contributed by atoms with E-state index in [2.05, 4.69) is 0 Å². The molecule has 0 bridgehead atoms. The number of fused-ring (bicyclic) bond motifs is 1. The van der Waals surface area contributed by atoms with Crippen LogP contribution in [-0.2, 0) is 22.6 Å². The van der Waals surface area contributed by atoms with Gasteiger partial charge in [0.2, 0.25) is 5.91 Å². The van der Waals surface area contributed by atoms with Gasteiger partial charge in [-0.2, -0.15) is 0 Å². The van der Waals surface area contributed by atoms with Crippen LogP contribution in [0.4, 0.5) is 0 Å². The predicted molar refractivity (Wildman–Crippen MR) is 75.0 cm³/mol. The fourth-order valence-electron chi connectivity index (χ4n) is 2.50. The van der Waals surface area contributed by atoms with E-state index in [1.807, 2.05) is 24.3 Å². The third-order valence-corrected chi connectivity index (χ3v) is 3.46. The molecule has 1 heterocycles. The first-order chi connectivity index (χ1) is 9.28. The zero-order chi connectivity index (χ0) is 14.9. The maximum atomic E-state index is 12.3. The van der Waals surface area contributed by atoms with E-state index in [0.29, 0.717) is 13.0 Å². The molecule has 0 aromatic heterocycles. The van der Waals surface area contributed by atoms with Gasteiger partial charge < -0.3 is 15.7 Å². The molecule has 0 radical (unpaired) electrons. The van der Waals surface area contributed by atoms with E-state index in [1.165, 1.54) is 4.90 Å². The second-order valence-corrected chi connectivity index (χ2v) is 6.01. The molecule has 1 aliphatic heterocycles. The molecular weight excluding hydrogens is 256 g/mol. The monoisotopic (exact) mass is 276 g/mol. The lowest BCUT2D eigenvalue weighted by molar-refractivity contribution is -0.151. The average Bonchev–Trinajstić information content (AvgIpc) is 2.35. The van der Waals surface area contributed by atoms with Crippen LogP contribution in [-0.4, -0.2) is 33.5 Å². The molecule has 5 nitrogen and oxygen atoms in total. The zero-order valence-corrected chi connectivity index (χ0v) is 11.8. The molecule has 1 amide bonds. The van der Waals surface area contributed by atoms with Gasteiger partial charge in [-0.3, -0.25) is 4.79 Å². The highest BCUT2D eigenvalue weighted by Gasteiger charge is 2.35. The number of hydrogen-bond donors (Lipinski definition) is 2. The minimum absolute atomic E-state index is 0.138. The van der Waals surface area contributed by atoms with Crippen molar-refractivity contribution in [2.75, 3.05) is 0 Å². The highest BCUT2D eigenvalue weighted by atomic mass is 16.4. The van der Waals surface area contributed by atoms with Gasteiger partial charge in [-0.25, -0.2) is 4.79 Å². The molecule has 108 valence electrons. The van der Waals surface area contributed by atoms with Gasteiger partial charge in [0, 0.05) is 24.9 Å². The number of aliphatic carboxylic acids is 1. The number of carbonyl (C=O) groups excluding carboxylic acids is 1. The number of amides is 1. The van der Waals surface area contributed by atoms with E-state index in [0.717, 1.165) is 11.1 Å². The Morgan fingerprint density at radius 2 is 1.95 bits per heavy atom. The second kappa shape index (κ2) is 5.25. The molecule has 0 saturated carbocycles. The van der Waals surface area contributed by atoms with Crippen LogP contribution in [0.2, 0.25) is 0 Å². The fourth-order valence-corrected chi connectivity index (χ4v) is 2.50. The van der Waals surface area contributed by atoms with Crippen molar-refractivity contribution >= 4 is 11.9 Å². The van der Waals surface area contributed by atoms with Crippen LogP contribution in [0.25, 0.3) is 0 Å². The van der Waals surface area contributed by atoms with E-state index in [-0.39, 0.29) is 12.3 Å². The summed E-state index contributed by atoms with van der Waals surface area (Å²) in [5.41, 5.74) is 7.23. The Hall–Kier alpha value is -1.88. The van der Waals surface area contributed by atoms with Gasteiger partial charge in [0.25, 0.3) is 0 Å². The van der Waals surface area contributed by atoms with Gasteiger partial charge in [-0.15, -0.1) is 0 Å². The third kappa shape index (κ3) is 3.17. The van der Waals surface area contributed by atoms with Gasteiger partial charge in [0.15, 0.2) is 0 Å². The molecule has 0 saturated heterocycles. The quantitative estimate of drug-likeness (QED) is 0.867. The minimum atomic E-state index is -0.970. The van der Waals surface area contributed by atoms with E-state index < -0.39 is 17.6 Å². The van der Waals surface area contributed by atoms with Crippen LogP contribution >= 0.6 is 0 Å². The molecule has 1 aliphatic rings. The topological polar surface area (TPSA) is 83.6 Å². The van der Waals surface area contributed by atoms with Crippen molar-refractivity contribution in [1.82, 2.24) is 4.90 Å². The molecule has 5 heteroatoms. The first-order valence-electron chi connectivity index (χ1n) is 6.66. The SMILES string of the molecule is CC(C)(N)CC(=O)N1Cc2ccccc2CC1C(=O)O. The highest BCUT2D eigenvalue weighted by Crippen LogP contribution is 2.25. The molecule has 2 rings (SSSR count). The summed E-state index contributed by atoms with van der Waals surface area (Å²) >= 11 is 0. The minimum Gasteiger partial charge on any atom is -0.480 e. The van der Waals surface area contributed by atoms with Crippen LogP contribution in [0, 0.1) is 0 Å². The number of nitrogens with two attached hydrogens (primary N) is 1. The smallest absolute Gasteiger partial charge is 0.326 e. The molecule has 1 unspecified atom stereocenters. The van der Waals surface area contributed by atoms with E-state index in [9.17, 15) is 14.7 Å². The molecule has 20 heavy (non-hydrogen) atoms. The Morgan fingerprint density at radius 3 is 2.50 bits per heavy atom. The van der Waals surface area contributed by atoms with E-state index in [4.69, 9.17) is 5.73 Å². The standard InChI is InChI=1S/C15H20N2O3/c1-15(2,16)8-13(18)17-9-11-6-4-3-5-10(11)7-12(17)14(19)20/h3-6,12H,7-9,16H2,1-2H3,(H,19,20). The molecule has 1 aromatic rings. The number of carbonyl (C=O) groups is 2. The summed E-state index contributed by atoms with van der Waals surface area (Å²) in [6.45, 7) is 3.86. The van der Waals surface area contributed by atoms with Gasteiger partial charge in [-0.1, -0.05) is 24.3 Å². The van der Waals surface area contributed by atoms with E-state index >= 15 is 0 Å². The summed E-state index contributed by atoms with van der Waals surface area (Å²) in [5.74, 6) is -1.18. The van der Waals surface area contributed by atoms with Crippen molar-refractivity contribution in [1.29, 1.82) is 0 Å². The van der Waals surface area contributed by atoms with Crippen LogP contribution in [0.5, 0.6) is 0 Å². The lowest BCUT2D eigenvalue weighted by Crippen LogP contribution is -2.51.